The first-order valence-electron chi connectivity index (χ1n) is 9.35. The second kappa shape index (κ2) is 7.76. The minimum absolute atomic E-state index is 0.0560. The van der Waals surface area contributed by atoms with Gasteiger partial charge < -0.3 is 15.2 Å². The summed E-state index contributed by atoms with van der Waals surface area (Å²) >= 11 is 0. The summed E-state index contributed by atoms with van der Waals surface area (Å²) in [7, 11) is 0. The van der Waals surface area contributed by atoms with Crippen molar-refractivity contribution in [2.75, 3.05) is 19.6 Å². The molecular weight excluding hydrogens is 338 g/mol. The Morgan fingerprint density at radius 3 is 2.70 bits per heavy atom. The third-order valence-corrected chi connectivity index (χ3v) is 5.08. The van der Waals surface area contributed by atoms with Crippen LogP contribution in [0.3, 0.4) is 0 Å². The summed E-state index contributed by atoms with van der Waals surface area (Å²) < 4.78 is 0. The van der Waals surface area contributed by atoms with Crippen LogP contribution in [0, 0.1) is 0 Å². The van der Waals surface area contributed by atoms with Crippen molar-refractivity contribution in [3.63, 3.8) is 0 Å². The van der Waals surface area contributed by atoms with E-state index in [9.17, 15) is 9.59 Å². The highest BCUT2D eigenvalue weighted by Gasteiger charge is 2.23. The number of pyridine rings is 1. The van der Waals surface area contributed by atoms with E-state index in [1.54, 1.807) is 6.07 Å². The smallest absolute Gasteiger partial charge is 0.256 e. The van der Waals surface area contributed by atoms with Crippen LogP contribution >= 0.6 is 0 Å². The van der Waals surface area contributed by atoms with E-state index in [1.807, 2.05) is 47.4 Å². The van der Waals surface area contributed by atoms with Gasteiger partial charge in [-0.15, -0.1) is 0 Å². The number of piperazine rings is 1. The molecule has 1 fully saturated rings. The number of aromatic amines is 1. The molecule has 1 aromatic heterocycles. The predicted octanol–water partition coefficient (Wildman–Crippen LogP) is 2.11. The molecule has 0 bridgehead atoms. The second-order valence-electron chi connectivity index (χ2n) is 7.07. The largest absolute Gasteiger partial charge is 0.340 e. The van der Waals surface area contributed by atoms with Crippen LogP contribution in [-0.4, -0.2) is 41.5 Å². The Hall–Kier alpha value is -2.92. The molecule has 3 aromatic rings. The first-order valence-corrected chi connectivity index (χ1v) is 9.35. The average Bonchev–Trinajstić information content (AvgIpc) is 2.69. The molecule has 1 atom stereocenters. The van der Waals surface area contributed by atoms with Crippen molar-refractivity contribution >= 4 is 16.7 Å². The van der Waals surface area contributed by atoms with Gasteiger partial charge >= 0.3 is 0 Å². The van der Waals surface area contributed by atoms with Crippen LogP contribution in [0.1, 0.15) is 11.3 Å². The van der Waals surface area contributed by atoms with E-state index in [4.69, 9.17) is 0 Å². The van der Waals surface area contributed by atoms with Crippen molar-refractivity contribution in [3.05, 3.63) is 82.3 Å². The number of fused-ring (bicyclic) bond motifs is 1. The Balaban J connectivity index is 1.44. The van der Waals surface area contributed by atoms with E-state index < -0.39 is 0 Å². The van der Waals surface area contributed by atoms with Crippen molar-refractivity contribution in [2.45, 2.75) is 18.9 Å². The zero-order valence-electron chi connectivity index (χ0n) is 15.2. The summed E-state index contributed by atoms with van der Waals surface area (Å²) in [6.07, 6.45) is 1.12. The molecule has 1 aliphatic heterocycles. The maximum absolute atomic E-state index is 12.8. The number of aromatic nitrogens is 1. The highest BCUT2D eigenvalue weighted by atomic mass is 16.2. The number of amides is 1. The van der Waals surface area contributed by atoms with Crippen LogP contribution < -0.4 is 10.9 Å². The van der Waals surface area contributed by atoms with Gasteiger partial charge in [-0.3, -0.25) is 9.59 Å². The van der Waals surface area contributed by atoms with Gasteiger partial charge in [-0.1, -0.05) is 48.5 Å². The Labute approximate surface area is 158 Å². The van der Waals surface area contributed by atoms with E-state index in [0.29, 0.717) is 24.2 Å². The molecule has 2 heterocycles. The highest BCUT2D eigenvalue weighted by molar-refractivity contribution is 5.84. The summed E-state index contributed by atoms with van der Waals surface area (Å²) in [5.41, 5.74) is 1.79. The fraction of sp³-hybridized carbons (Fsp3) is 0.273. The monoisotopic (exact) mass is 361 g/mol. The quantitative estimate of drug-likeness (QED) is 0.748. The molecule has 0 radical (unpaired) electrons. The van der Waals surface area contributed by atoms with E-state index in [0.717, 1.165) is 18.4 Å². The molecule has 1 amide bonds. The number of H-pyrrole nitrogens is 1. The van der Waals surface area contributed by atoms with E-state index in [-0.39, 0.29) is 23.9 Å². The van der Waals surface area contributed by atoms with Crippen LogP contribution in [0.25, 0.3) is 10.8 Å². The molecule has 1 aliphatic rings. The lowest BCUT2D eigenvalue weighted by atomic mass is 10.0. The van der Waals surface area contributed by atoms with Crippen LogP contribution in [0.15, 0.2) is 65.5 Å². The zero-order chi connectivity index (χ0) is 18.6. The molecule has 4 rings (SSSR count). The van der Waals surface area contributed by atoms with Gasteiger partial charge in [-0.2, -0.15) is 0 Å². The lowest BCUT2D eigenvalue weighted by molar-refractivity contribution is -0.131. The van der Waals surface area contributed by atoms with Crippen molar-refractivity contribution < 1.29 is 4.79 Å². The number of carbonyl (C=O) groups is 1. The van der Waals surface area contributed by atoms with Gasteiger partial charge in [0.2, 0.25) is 5.91 Å². The van der Waals surface area contributed by atoms with Gasteiger partial charge in [-0.25, -0.2) is 0 Å². The zero-order valence-corrected chi connectivity index (χ0v) is 15.2. The number of nitrogens with zero attached hydrogens (tertiary/aromatic N) is 1. The predicted molar refractivity (Wildman–Crippen MR) is 107 cm³/mol. The number of benzene rings is 2. The Kier molecular flexibility index (Phi) is 5.03. The number of hydrogen-bond acceptors (Lipinski definition) is 3. The summed E-state index contributed by atoms with van der Waals surface area (Å²) in [5.74, 6) is 0.0560. The number of nitrogens with one attached hydrogen (secondary N) is 2. The Morgan fingerprint density at radius 1 is 1.07 bits per heavy atom. The van der Waals surface area contributed by atoms with Crippen LogP contribution in [0.5, 0.6) is 0 Å². The normalized spacial score (nSPS) is 17.2. The Morgan fingerprint density at radius 2 is 1.85 bits per heavy atom. The Bertz CT molecular complexity index is 997. The summed E-state index contributed by atoms with van der Waals surface area (Å²) in [4.78, 5) is 29.8. The van der Waals surface area contributed by atoms with Crippen LogP contribution in [0.2, 0.25) is 0 Å². The molecule has 5 nitrogen and oxygen atoms in total. The van der Waals surface area contributed by atoms with Crippen molar-refractivity contribution in [2.24, 2.45) is 0 Å². The van der Waals surface area contributed by atoms with Gasteiger partial charge in [0.1, 0.15) is 0 Å². The molecule has 2 aromatic carbocycles. The number of hydrogen-bond donors (Lipinski definition) is 2. The lowest BCUT2D eigenvalue weighted by Gasteiger charge is -2.34. The number of rotatable bonds is 4. The lowest BCUT2D eigenvalue weighted by Crippen LogP contribution is -2.53. The van der Waals surface area contributed by atoms with E-state index in [1.165, 1.54) is 5.56 Å². The molecule has 0 aliphatic carbocycles. The maximum atomic E-state index is 12.8. The summed E-state index contributed by atoms with van der Waals surface area (Å²) in [5, 5.41) is 5.02. The molecule has 1 unspecified atom stereocenters. The minimum atomic E-state index is -0.141. The third-order valence-electron chi connectivity index (χ3n) is 5.08. The molecule has 0 spiro atoms. The SMILES string of the molecule is O=C(Cc1cc2ccccc2c(=O)[nH]1)N1CCNC(Cc2ccccc2)C1. The van der Waals surface area contributed by atoms with Gasteiger partial charge in [-0.05, 0) is 29.5 Å². The molecule has 5 heteroatoms. The first kappa shape index (κ1) is 17.5. The molecular formula is C22H23N3O2. The molecule has 1 saturated heterocycles. The van der Waals surface area contributed by atoms with Crippen molar-refractivity contribution in [1.82, 2.24) is 15.2 Å². The van der Waals surface area contributed by atoms with Crippen LogP contribution in [-0.2, 0) is 17.6 Å². The molecule has 138 valence electrons. The molecule has 2 N–H and O–H groups in total. The van der Waals surface area contributed by atoms with Gasteiger partial charge in [0.25, 0.3) is 5.56 Å². The van der Waals surface area contributed by atoms with Gasteiger partial charge in [0, 0.05) is 36.8 Å². The summed E-state index contributed by atoms with van der Waals surface area (Å²) in [6.45, 7) is 2.17. The topological polar surface area (TPSA) is 65.2 Å². The summed E-state index contributed by atoms with van der Waals surface area (Å²) in [6, 6.07) is 19.9. The molecule has 0 saturated carbocycles. The standard InChI is InChI=1S/C22H23N3O2/c26-21(14-18-13-17-8-4-5-9-20(17)22(27)24-18)25-11-10-23-19(15-25)12-16-6-2-1-3-7-16/h1-9,13,19,23H,10-12,14-15H2,(H,24,27). The van der Waals surface area contributed by atoms with Crippen molar-refractivity contribution in [1.29, 1.82) is 0 Å². The third kappa shape index (κ3) is 4.09. The minimum Gasteiger partial charge on any atom is -0.340 e. The fourth-order valence-corrected chi connectivity index (χ4v) is 3.72. The first-order chi connectivity index (χ1) is 13.2. The second-order valence-corrected chi connectivity index (χ2v) is 7.07. The van der Waals surface area contributed by atoms with Gasteiger partial charge in [0.15, 0.2) is 0 Å². The highest BCUT2D eigenvalue weighted by Crippen LogP contribution is 2.12. The van der Waals surface area contributed by atoms with Crippen LogP contribution in [0.4, 0.5) is 0 Å². The van der Waals surface area contributed by atoms with E-state index in [2.05, 4.69) is 22.4 Å². The number of carbonyl (C=O) groups excluding carboxylic acids is 1. The fourth-order valence-electron chi connectivity index (χ4n) is 3.72. The average molecular weight is 361 g/mol. The molecule has 27 heavy (non-hydrogen) atoms. The van der Waals surface area contributed by atoms with E-state index >= 15 is 0 Å². The van der Waals surface area contributed by atoms with Gasteiger partial charge in [0.05, 0.1) is 6.42 Å². The van der Waals surface area contributed by atoms with Crippen molar-refractivity contribution in [3.8, 4) is 0 Å². The maximum Gasteiger partial charge on any atom is 0.256 e.